The zero-order chi connectivity index (χ0) is 13.5. The fraction of sp³-hybridized carbons (Fsp3) is 0.533. The summed E-state index contributed by atoms with van der Waals surface area (Å²) in [5, 5.41) is 0. The number of carbonyl (C=O) groups excluding carboxylic acids is 1. The molecule has 0 spiro atoms. The zero-order valence-electron chi connectivity index (χ0n) is 11.7. The van der Waals surface area contributed by atoms with E-state index in [2.05, 4.69) is 39.0 Å². The zero-order valence-corrected chi connectivity index (χ0v) is 11.7. The Balaban J connectivity index is 2.41. The maximum absolute atomic E-state index is 11.9. The molecule has 0 aliphatic carbocycles. The third-order valence-corrected chi connectivity index (χ3v) is 3.52. The Hall–Kier alpha value is -1.35. The minimum atomic E-state index is -0.0322. The number of nitrogens with zero attached hydrogens (tertiary/aromatic N) is 1. The van der Waals surface area contributed by atoms with Crippen LogP contribution in [0.3, 0.4) is 0 Å². The van der Waals surface area contributed by atoms with Gasteiger partial charge >= 0.3 is 0 Å². The summed E-state index contributed by atoms with van der Waals surface area (Å²) in [5.41, 5.74) is 9.35. The SMILES string of the molecule is Cc1ccc(C(C)(C)C)cc1N1CC(N)CC1=O. The smallest absolute Gasteiger partial charge is 0.228 e. The molecule has 1 aliphatic heterocycles. The number of anilines is 1. The van der Waals surface area contributed by atoms with Gasteiger partial charge in [-0.1, -0.05) is 32.9 Å². The molecular weight excluding hydrogens is 224 g/mol. The van der Waals surface area contributed by atoms with Crippen LogP contribution in [0.2, 0.25) is 0 Å². The molecule has 3 heteroatoms. The molecule has 1 heterocycles. The molecule has 1 atom stereocenters. The monoisotopic (exact) mass is 246 g/mol. The minimum Gasteiger partial charge on any atom is -0.326 e. The lowest BCUT2D eigenvalue weighted by atomic mass is 9.86. The maximum atomic E-state index is 11.9. The van der Waals surface area contributed by atoms with E-state index in [9.17, 15) is 4.79 Å². The number of rotatable bonds is 1. The summed E-state index contributed by atoms with van der Waals surface area (Å²) < 4.78 is 0. The Bertz CT molecular complexity index is 474. The molecule has 1 aromatic rings. The molecule has 1 fully saturated rings. The van der Waals surface area contributed by atoms with Crippen molar-refractivity contribution in [3.8, 4) is 0 Å². The van der Waals surface area contributed by atoms with Crippen molar-refractivity contribution in [3.05, 3.63) is 29.3 Å². The standard InChI is InChI=1S/C15H22N2O/c1-10-5-6-11(15(2,3)4)7-13(10)17-9-12(16)8-14(17)18/h5-7,12H,8-9,16H2,1-4H3. The van der Waals surface area contributed by atoms with Crippen molar-refractivity contribution in [1.82, 2.24) is 0 Å². The predicted octanol–water partition coefficient (Wildman–Crippen LogP) is 2.36. The molecule has 0 saturated carbocycles. The molecule has 0 aromatic heterocycles. The Kier molecular flexibility index (Phi) is 3.20. The Morgan fingerprint density at radius 3 is 2.50 bits per heavy atom. The summed E-state index contributed by atoms with van der Waals surface area (Å²) in [6.07, 6.45) is 0.458. The number of benzene rings is 1. The van der Waals surface area contributed by atoms with Gasteiger partial charge in [0.25, 0.3) is 0 Å². The van der Waals surface area contributed by atoms with E-state index in [1.54, 1.807) is 0 Å². The van der Waals surface area contributed by atoms with Crippen LogP contribution in [0.5, 0.6) is 0 Å². The second kappa shape index (κ2) is 4.39. The van der Waals surface area contributed by atoms with Crippen LogP contribution in [-0.4, -0.2) is 18.5 Å². The first kappa shape index (κ1) is 13.1. The lowest BCUT2D eigenvalue weighted by Crippen LogP contribution is -2.29. The van der Waals surface area contributed by atoms with Gasteiger partial charge < -0.3 is 10.6 Å². The summed E-state index contributed by atoms with van der Waals surface area (Å²) in [6, 6.07) is 6.33. The van der Waals surface area contributed by atoms with Crippen molar-refractivity contribution in [1.29, 1.82) is 0 Å². The average molecular weight is 246 g/mol. The quantitative estimate of drug-likeness (QED) is 0.827. The van der Waals surface area contributed by atoms with Gasteiger partial charge in [0.15, 0.2) is 0 Å². The maximum Gasteiger partial charge on any atom is 0.228 e. The summed E-state index contributed by atoms with van der Waals surface area (Å²) >= 11 is 0. The number of nitrogens with two attached hydrogens (primary N) is 1. The molecule has 1 saturated heterocycles. The number of amides is 1. The minimum absolute atomic E-state index is 0.0322. The molecule has 98 valence electrons. The summed E-state index contributed by atoms with van der Waals surface area (Å²) in [7, 11) is 0. The third-order valence-electron chi connectivity index (χ3n) is 3.52. The van der Waals surface area contributed by atoms with Gasteiger partial charge in [0.05, 0.1) is 0 Å². The van der Waals surface area contributed by atoms with Crippen molar-refractivity contribution >= 4 is 11.6 Å². The molecule has 1 aromatic carbocycles. The van der Waals surface area contributed by atoms with Crippen LogP contribution < -0.4 is 10.6 Å². The topological polar surface area (TPSA) is 46.3 Å². The normalized spacial score (nSPS) is 20.6. The molecular formula is C15H22N2O. The summed E-state index contributed by atoms with van der Waals surface area (Å²) in [5.74, 6) is 0.136. The molecule has 1 unspecified atom stereocenters. The largest absolute Gasteiger partial charge is 0.326 e. The Labute approximate surface area is 109 Å². The average Bonchev–Trinajstić information content (AvgIpc) is 2.56. The fourth-order valence-corrected chi connectivity index (χ4v) is 2.33. The highest BCUT2D eigenvalue weighted by Crippen LogP contribution is 2.31. The molecule has 2 N–H and O–H groups in total. The Morgan fingerprint density at radius 2 is 2.00 bits per heavy atom. The molecule has 3 nitrogen and oxygen atoms in total. The predicted molar refractivity (Wildman–Crippen MR) is 74.8 cm³/mol. The van der Waals surface area contributed by atoms with Crippen LogP contribution in [-0.2, 0) is 10.2 Å². The van der Waals surface area contributed by atoms with E-state index in [1.165, 1.54) is 5.56 Å². The van der Waals surface area contributed by atoms with Crippen LogP contribution >= 0.6 is 0 Å². The molecule has 2 rings (SSSR count). The van der Waals surface area contributed by atoms with Crippen LogP contribution in [0.25, 0.3) is 0 Å². The van der Waals surface area contributed by atoms with Gasteiger partial charge in [0.2, 0.25) is 5.91 Å². The van der Waals surface area contributed by atoms with E-state index in [1.807, 2.05) is 11.8 Å². The van der Waals surface area contributed by atoms with Gasteiger partial charge in [-0.3, -0.25) is 4.79 Å². The number of hydrogen-bond acceptors (Lipinski definition) is 2. The van der Waals surface area contributed by atoms with Gasteiger partial charge in [-0.15, -0.1) is 0 Å². The molecule has 0 bridgehead atoms. The summed E-state index contributed by atoms with van der Waals surface area (Å²) in [6.45, 7) is 9.21. The van der Waals surface area contributed by atoms with Crippen LogP contribution in [0.4, 0.5) is 5.69 Å². The van der Waals surface area contributed by atoms with Crippen molar-refractivity contribution < 1.29 is 4.79 Å². The summed E-state index contributed by atoms with van der Waals surface area (Å²) in [4.78, 5) is 13.8. The van der Waals surface area contributed by atoms with E-state index in [0.29, 0.717) is 13.0 Å². The first-order valence-electron chi connectivity index (χ1n) is 6.46. The number of aryl methyl sites for hydroxylation is 1. The van der Waals surface area contributed by atoms with E-state index in [0.717, 1.165) is 11.3 Å². The van der Waals surface area contributed by atoms with Gasteiger partial charge in [-0.25, -0.2) is 0 Å². The van der Waals surface area contributed by atoms with Gasteiger partial charge in [0, 0.05) is 24.7 Å². The van der Waals surface area contributed by atoms with Crippen molar-refractivity contribution in [2.45, 2.75) is 45.6 Å². The van der Waals surface area contributed by atoms with Gasteiger partial charge in [0.1, 0.15) is 0 Å². The Morgan fingerprint density at radius 1 is 1.33 bits per heavy atom. The first-order valence-corrected chi connectivity index (χ1v) is 6.46. The molecule has 0 radical (unpaired) electrons. The van der Waals surface area contributed by atoms with E-state index < -0.39 is 0 Å². The van der Waals surface area contributed by atoms with Crippen LogP contribution in [0.15, 0.2) is 18.2 Å². The lowest BCUT2D eigenvalue weighted by molar-refractivity contribution is -0.117. The van der Waals surface area contributed by atoms with Crippen LogP contribution in [0, 0.1) is 6.92 Å². The van der Waals surface area contributed by atoms with Crippen molar-refractivity contribution in [3.63, 3.8) is 0 Å². The highest BCUT2D eigenvalue weighted by Gasteiger charge is 2.29. The highest BCUT2D eigenvalue weighted by molar-refractivity contribution is 5.97. The van der Waals surface area contributed by atoms with Crippen LogP contribution in [0.1, 0.15) is 38.3 Å². The lowest BCUT2D eigenvalue weighted by Gasteiger charge is -2.24. The highest BCUT2D eigenvalue weighted by atomic mass is 16.2. The van der Waals surface area contributed by atoms with Crippen molar-refractivity contribution in [2.24, 2.45) is 5.73 Å². The second-order valence-corrected chi connectivity index (χ2v) is 6.22. The molecule has 1 amide bonds. The third kappa shape index (κ3) is 2.41. The number of carbonyl (C=O) groups is 1. The first-order chi connectivity index (χ1) is 8.29. The number of hydrogen-bond donors (Lipinski definition) is 1. The van der Waals surface area contributed by atoms with E-state index in [4.69, 9.17) is 5.73 Å². The van der Waals surface area contributed by atoms with E-state index in [-0.39, 0.29) is 17.4 Å². The van der Waals surface area contributed by atoms with Crippen molar-refractivity contribution in [2.75, 3.05) is 11.4 Å². The second-order valence-electron chi connectivity index (χ2n) is 6.22. The van der Waals surface area contributed by atoms with Gasteiger partial charge in [-0.2, -0.15) is 0 Å². The van der Waals surface area contributed by atoms with Gasteiger partial charge in [-0.05, 0) is 29.5 Å². The van der Waals surface area contributed by atoms with E-state index >= 15 is 0 Å². The fourth-order valence-electron chi connectivity index (χ4n) is 2.33. The molecule has 1 aliphatic rings. The molecule has 18 heavy (non-hydrogen) atoms.